The first-order chi connectivity index (χ1) is 18.9. The molecule has 1 saturated carbocycles. The van der Waals surface area contributed by atoms with Crippen LogP contribution in [-0.4, -0.2) is 95.8 Å². The molecule has 1 aliphatic carbocycles. The summed E-state index contributed by atoms with van der Waals surface area (Å²) in [5, 5.41) is 22.9. The van der Waals surface area contributed by atoms with Gasteiger partial charge in [-0.15, -0.1) is 0 Å². The number of halogens is 3. The number of carbonyl (C=O) groups is 3. The molecule has 2 amide bonds. The van der Waals surface area contributed by atoms with Crippen LogP contribution in [0.5, 0.6) is 11.5 Å². The predicted octanol–water partition coefficient (Wildman–Crippen LogP) is 2.00. The van der Waals surface area contributed by atoms with E-state index in [1.54, 1.807) is 24.1 Å². The zero-order chi connectivity index (χ0) is 29.6. The Morgan fingerprint density at radius 2 is 1.65 bits per heavy atom. The number of carboxylic acid groups (broad SMARTS) is 1. The molecular formula is C26H35F3N4O7. The summed E-state index contributed by atoms with van der Waals surface area (Å²) >= 11 is 0. The lowest BCUT2D eigenvalue weighted by Gasteiger charge is -2.43. The molecule has 2 aliphatic heterocycles. The third-order valence-electron chi connectivity index (χ3n) is 7.43. The second kappa shape index (κ2) is 13.3. The summed E-state index contributed by atoms with van der Waals surface area (Å²) in [5.41, 5.74) is 7.58. The maximum atomic E-state index is 13.5. The van der Waals surface area contributed by atoms with Crippen molar-refractivity contribution in [3.63, 3.8) is 0 Å². The van der Waals surface area contributed by atoms with Gasteiger partial charge in [0.25, 0.3) is 0 Å². The van der Waals surface area contributed by atoms with Gasteiger partial charge in [-0.1, -0.05) is 12.8 Å². The fraction of sp³-hybridized carbons (Fsp3) is 0.615. The van der Waals surface area contributed by atoms with E-state index in [0.717, 1.165) is 37.0 Å². The minimum atomic E-state index is -5.08. The first kappa shape index (κ1) is 31.1. The maximum Gasteiger partial charge on any atom is 0.490 e. The third kappa shape index (κ3) is 7.02. The summed E-state index contributed by atoms with van der Waals surface area (Å²) in [6.07, 6.45) is 0.141. The molecule has 1 aromatic carbocycles. The number of carbonyl (C=O) groups excluding carboxylic acids is 2. The molecule has 3 atom stereocenters. The Morgan fingerprint density at radius 3 is 2.17 bits per heavy atom. The highest BCUT2D eigenvalue weighted by atomic mass is 19.4. The fourth-order valence-electron chi connectivity index (χ4n) is 5.34. The van der Waals surface area contributed by atoms with E-state index in [2.05, 4.69) is 0 Å². The minimum Gasteiger partial charge on any atom is -0.493 e. The second-order valence-electron chi connectivity index (χ2n) is 9.88. The molecule has 40 heavy (non-hydrogen) atoms. The van der Waals surface area contributed by atoms with Crippen LogP contribution in [0.2, 0.25) is 0 Å². The summed E-state index contributed by atoms with van der Waals surface area (Å²) in [5.74, 6) is -1.58. The number of aliphatic carboxylic acids is 1. The molecule has 1 saturated heterocycles. The highest BCUT2D eigenvalue weighted by molar-refractivity contribution is 6.07. The van der Waals surface area contributed by atoms with Crippen molar-refractivity contribution in [2.75, 3.05) is 33.9 Å². The molecule has 0 bridgehead atoms. The highest BCUT2D eigenvalue weighted by Crippen LogP contribution is 2.40. The average Bonchev–Trinajstić information content (AvgIpc) is 2.96. The molecule has 0 spiro atoms. The number of amides is 2. The van der Waals surface area contributed by atoms with Gasteiger partial charge in [0.2, 0.25) is 11.8 Å². The van der Waals surface area contributed by atoms with Crippen LogP contribution in [0.25, 0.3) is 0 Å². The van der Waals surface area contributed by atoms with E-state index in [9.17, 15) is 27.9 Å². The summed E-state index contributed by atoms with van der Waals surface area (Å²) in [7, 11) is 3.22. The first-order valence-electron chi connectivity index (χ1n) is 13.0. The van der Waals surface area contributed by atoms with Crippen molar-refractivity contribution in [1.29, 1.82) is 0 Å². The Kier molecular flexibility index (Phi) is 10.4. The number of piperidine rings is 1. The molecular weight excluding hydrogens is 537 g/mol. The maximum absolute atomic E-state index is 13.5. The second-order valence-corrected chi connectivity index (χ2v) is 9.88. The number of benzene rings is 1. The molecule has 222 valence electrons. The number of rotatable bonds is 6. The van der Waals surface area contributed by atoms with Crippen LogP contribution in [0.1, 0.15) is 44.1 Å². The lowest BCUT2D eigenvalue weighted by molar-refractivity contribution is -0.192. The molecule has 4 N–H and O–H groups in total. The van der Waals surface area contributed by atoms with Gasteiger partial charge in [-0.25, -0.2) is 9.80 Å². The number of methoxy groups -OCH3 is 2. The molecule has 14 heteroatoms. The normalized spacial score (nSPS) is 22.4. The zero-order valence-corrected chi connectivity index (χ0v) is 22.4. The Balaban J connectivity index is 0.000000559. The number of likely N-dealkylation sites (tertiary alicyclic amines) is 1. The quantitative estimate of drug-likeness (QED) is 0.468. The molecule has 0 unspecified atom stereocenters. The number of aliphatic hydroxyl groups is 1. The number of fused-ring (bicyclic) bond motifs is 1. The smallest absolute Gasteiger partial charge is 0.490 e. The Bertz CT molecular complexity index is 1110. The van der Waals surface area contributed by atoms with Crippen molar-refractivity contribution in [1.82, 2.24) is 9.91 Å². The van der Waals surface area contributed by atoms with Crippen molar-refractivity contribution in [2.45, 2.75) is 56.8 Å². The van der Waals surface area contributed by atoms with Crippen molar-refractivity contribution in [3.05, 3.63) is 23.8 Å². The lowest BCUT2D eigenvalue weighted by atomic mass is 9.73. The van der Waals surface area contributed by atoms with Crippen molar-refractivity contribution >= 4 is 23.5 Å². The van der Waals surface area contributed by atoms with E-state index in [1.165, 1.54) is 0 Å². The number of hydrogen-bond acceptors (Lipinski definition) is 8. The lowest BCUT2D eigenvalue weighted by Crippen LogP contribution is -2.55. The van der Waals surface area contributed by atoms with Gasteiger partial charge in [-0.3, -0.25) is 9.59 Å². The Labute approximate surface area is 229 Å². The highest BCUT2D eigenvalue weighted by Gasteiger charge is 2.44. The van der Waals surface area contributed by atoms with E-state index in [1.807, 2.05) is 18.2 Å². The van der Waals surface area contributed by atoms with E-state index in [-0.39, 0.29) is 36.3 Å². The average molecular weight is 573 g/mol. The van der Waals surface area contributed by atoms with Gasteiger partial charge in [-0.2, -0.15) is 18.3 Å². The predicted molar refractivity (Wildman–Crippen MR) is 137 cm³/mol. The van der Waals surface area contributed by atoms with Gasteiger partial charge in [0.05, 0.1) is 32.6 Å². The summed E-state index contributed by atoms with van der Waals surface area (Å²) in [4.78, 5) is 36.4. The van der Waals surface area contributed by atoms with Crippen molar-refractivity contribution < 1.29 is 47.2 Å². The zero-order valence-electron chi connectivity index (χ0n) is 22.4. The van der Waals surface area contributed by atoms with Gasteiger partial charge in [0.15, 0.2) is 11.5 Å². The van der Waals surface area contributed by atoms with E-state index in [0.29, 0.717) is 37.4 Å². The SMILES string of the molecule is COc1ccc(C2=NN(C3CCN(C(=O)[C@@H](N)CO)CC3)C(=O)[C@@H]3CCCC[C@H]23)cc1OC.O=C(O)C(F)(F)F. The van der Waals surface area contributed by atoms with Crippen molar-refractivity contribution in [2.24, 2.45) is 22.7 Å². The van der Waals surface area contributed by atoms with E-state index >= 15 is 0 Å². The number of ether oxygens (including phenoxy) is 2. The van der Waals surface area contributed by atoms with Gasteiger partial charge < -0.3 is 30.3 Å². The topological polar surface area (TPSA) is 155 Å². The number of nitrogens with zero attached hydrogens (tertiary/aromatic N) is 3. The van der Waals surface area contributed by atoms with Crippen LogP contribution in [0, 0.1) is 11.8 Å². The van der Waals surface area contributed by atoms with Crippen LogP contribution < -0.4 is 15.2 Å². The van der Waals surface area contributed by atoms with Gasteiger partial charge >= 0.3 is 12.1 Å². The van der Waals surface area contributed by atoms with Gasteiger partial charge in [-0.05, 0) is 43.9 Å². The molecule has 0 radical (unpaired) electrons. The molecule has 11 nitrogen and oxygen atoms in total. The Morgan fingerprint density at radius 1 is 1.07 bits per heavy atom. The number of aliphatic hydroxyl groups excluding tert-OH is 1. The van der Waals surface area contributed by atoms with Crippen LogP contribution in [0.3, 0.4) is 0 Å². The largest absolute Gasteiger partial charge is 0.493 e. The summed E-state index contributed by atoms with van der Waals surface area (Å²) in [6.45, 7) is 0.623. The number of nitrogens with two attached hydrogens (primary N) is 1. The monoisotopic (exact) mass is 572 g/mol. The molecule has 3 aliphatic rings. The van der Waals surface area contributed by atoms with Crippen LogP contribution in [-0.2, 0) is 14.4 Å². The van der Waals surface area contributed by atoms with E-state index in [4.69, 9.17) is 30.2 Å². The molecule has 2 fully saturated rings. The summed E-state index contributed by atoms with van der Waals surface area (Å²) < 4.78 is 42.6. The third-order valence-corrected chi connectivity index (χ3v) is 7.43. The standard InChI is InChI=1S/C24H34N4O5.C2HF3O2/c1-32-20-8-7-15(13-21(20)33-2)22-17-5-3-4-6-18(17)23(30)28(26-22)16-9-11-27(12-10-16)24(31)19(25)14-29;3-2(4,5)1(6)7/h7-8,13,16-19,29H,3-6,9-12,14,25H2,1-2H3;(H,6,7)/t17-,18+,19-;/m0./s1. The Hall–Kier alpha value is -3.39. The molecule has 0 aromatic heterocycles. The number of hydrogen-bond donors (Lipinski definition) is 3. The number of hydrazone groups is 1. The first-order valence-corrected chi connectivity index (χ1v) is 13.0. The fourth-order valence-corrected chi connectivity index (χ4v) is 5.34. The number of alkyl halides is 3. The molecule has 2 heterocycles. The van der Waals surface area contributed by atoms with Gasteiger partial charge in [0.1, 0.15) is 6.04 Å². The minimum absolute atomic E-state index is 0.0649. The van der Waals surface area contributed by atoms with Crippen LogP contribution >= 0.6 is 0 Å². The molecule has 4 rings (SSSR count). The van der Waals surface area contributed by atoms with E-state index < -0.39 is 18.2 Å². The van der Waals surface area contributed by atoms with Gasteiger partial charge in [0, 0.05) is 30.5 Å². The number of carboxylic acids is 1. The molecule has 1 aromatic rings. The summed E-state index contributed by atoms with van der Waals surface area (Å²) in [6, 6.07) is 4.84. The van der Waals surface area contributed by atoms with Crippen molar-refractivity contribution in [3.8, 4) is 11.5 Å². The van der Waals surface area contributed by atoms with Crippen LogP contribution in [0.4, 0.5) is 13.2 Å². The van der Waals surface area contributed by atoms with Crippen LogP contribution in [0.15, 0.2) is 23.3 Å².